The Morgan fingerprint density at radius 1 is 1.27 bits per heavy atom. The highest BCUT2D eigenvalue weighted by atomic mass is 35.5. The molecule has 0 amide bonds. The minimum Gasteiger partial charge on any atom is -0.330 e. The summed E-state index contributed by atoms with van der Waals surface area (Å²) in [6.45, 7) is 1.87. The van der Waals surface area contributed by atoms with E-state index in [0.717, 1.165) is 0 Å². The van der Waals surface area contributed by atoms with Gasteiger partial charge in [-0.2, -0.15) is 0 Å². The van der Waals surface area contributed by atoms with Crippen LogP contribution in [0.25, 0.3) is 0 Å². The maximum Gasteiger partial charge on any atom is 0.163 e. The van der Waals surface area contributed by atoms with Gasteiger partial charge in [0.15, 0.2) is 11.6 Å². The van der Waals surface area contributed by atoms with Crippen LogP contribution in [-0.4, -0.2) is 6.54 Å². The summed E-state index contributed by atoms with van der Waals surface area (Å²) in [4.78, 5) is 0. The molecule has 1 atom stereocenters. The fourth-order valence-electron chi connectivity index (χ4n) is 1.28. The Bertz CT molecular complexity index is 331. The summed E-state index contributed by atoms with van der Waals surface area (Å²) >= 11 is 0. The summed E-state index contributed by atoms with van der Waals surface area (Å²) in [6, 6.07) is 2.49. The summed E-state index contributed by atoms with van der Waals surface area (Å²) in [5, 5.41) is 0. The molecule has 15 heavy (non-hydrogen) atoms. The van der Waals surface area contributed by atoms with E-state index >= 15 is 0 Å². The normalized spacial score (nSPS) is 12.1. The Balaban J connectivity index is 0.00000196. The Morgan fingerprint density at radius 3 is 2.40 bits per heavy atom. The van der Waals surface area contributed by atoms with E-state index in [1.165, 1.54) is 19.1 Å². The standard InChI is InChI=1S/C10H14F2N2.ClH/c1-6-2-3-7(8(14)4-5-13)10(12)9(6)11;/h2-3,8H,4-5,13-14H2,1H3;1H/t8-;/m0./s1. The van der Waals surface area contributed by atoms with Crippen LogP contribution in [0.3, 0.4) is 0 Å². The molecule has 2 nitrogen and oxygen atoms in total. The van der Waals surface area contributed by atoms with Crippen molar-refractivity contribution in [1.82, 2.24) is 0 Å². The Morgan fingerprint density at radius 2 is 1.87 bits per heavy atom. The fourth-order valence-corrected chi connectivity index (χ4v) is 1.28. The lowest BCUT2D eigenvalue weighted by molar-refractivity contribution is 0.480. The maximum atomic E-state index is 13.3. The Hall–Kier alpha value is -0.710. The third kappa shape index (κ3) is 3.12. The highest BCUT2D eigenvalue weighted by Gasteiger charge is 2.15. The number of aryl methyl sites for hydroxylation is 1. The van der Waals surface area contributed by atoms with Gasteiger partial charge in [0.25, 0.3) is 0 Å². The van der Waals surface area contributed by atoms with Crippen molar-refractivity contribution in [3.05, 3.63) is 34.9 Å². The van der Waals surface area contributed by atoms with Gasteiger partial charge in [0.05, 0.1) is 0 Å². The molecule has 0 aliphatic heterocycles. The van der Waals surface area contributed by atoms with Gasteiger partial charge in [0, 0.05) is 11.6 Å². The monoisotopic (exact) mass is 236 g/mol. The van der Waals surface area contributed by atoms with Crippen LogP contribution in [0.15, 0.2) is 12.1 Å². The van der Waals surface area contributed by atoms with Crippen LogP contribution in [0.4, 0.5) is 8.78 Å². The predicted octanol–water partition coefficient (Wildman–Crippen LogP) is 2.04. The Kier molecular flexibility index (Phi) is 5.72. The van der Waals surface area contributed by atoms with Crippen LogP contribution in [0, 0.1) is 18.6 Å². The molecule has 0 radical (unpaired) electrons. The molecular formula is C10H15ClF2N2. The summed E-state index contributed by atoms with van der Waals surface area (Å²) in [5.41, 5.74) is 11.4. The van der Waals surface area contributed by atoms with Crippen molar-refractivity contribution < 1.29 is 8.78 Å². The molecule has 5 heteroatoms. The lowest BCUT2D eigenvalue weighted by atomic mass is 10.0. The second-order valence-corrected chi connectivity index (χ2v) is 3.28. The topological polar surface area (TPSA) is 52.0 Å². The number of halogens is 3. The van der Waals surface area contributed by atoms with E-state index in [4.69, 9.17) is 11.5 Å². The van der Waals surface area contributed by atoms with Crippen LogP contribution in [0.5, 0.6) is 0 Å². The lowest BCUT2D eigenvalue weighted by Crippen LogP contribution is -2.17. The molecule has 1 rings (SSSR count). The van der Waals surface area contributed by atoms with Gasteiger partial charge in [-0.25, -0.2) is 8.78 Å². The zero-order valence-electron chi connectivity index (χ0n) is 8.47. The van der Waals surface area contributed by atoms with E-state index in [-0.39, 0.29) is 23.5 Å². The average Bonchev–Trinajstić information content (AvgIpc) is 2.15. The number of hydrogen-bond acceptors (Lipinski definition) is 2. The fraction of sp³-hybridized carbons (Fsp3) is 0.400. The molecule has 0 saturated heterocycles. The highest BCUT2D eigenvalue weighted by Crippen LogP contribution is 2.21. The summed E-state index contributed by atoms with van der Waals surface area (Å²) in [6.07, 6.45) is 0.444. The third-order valence-electron chi connectivity index (χ3n) is 2.18. The molecule has 0 aliphatic carbocycles. The molecule has 0 fully saturated rings. The molecule has 4 N–H and O–H groups in total. The third-order valence-corrected chi connectivity index (χ3v) is 2.18. The molecule has 1 aromatic carbocycles. The first-order valence-corrected chi connectivity index (χ1v) is 4.48. The van der Waals surface area contributed by atoms with Crippen molar-refractivity contribution in [2.75, 3.05) is 6.54 Å². The highest BCUT2D eigenvalue weighted by molar-refractivity contribution is 5.85. The molecular weight excluding hydrogens is 222 g/mol. The zero-order valence-corrected chi connectivity index (χ0v) is 9.28. The molecule has 0 bridgehead atoms. The smallest absolute Gasteiger partial charge is 0.163 e. The minimum absolute atomic E-state index is 0. The predicted molar refractivity (Wildman–Crippen MR) is 58.9 cm³/mol. The molecule has 0 heterocycles. The van der Waals surface area contributed by atoms with Crippen LogP contribution >= 0.6 is 12.4 Å². The number of rotatable bonds is 3. The second kappa shape index (κ2) is 6.00. The summed E-state index contributed by atoms with van der Waals surface area (Å²) in [7, 11) is 0. The van der Waals surface area contributed by atoms with E-state index in [1.54, 1.807) is 0 Å². The molecule has 0 spiro atoms. The van der Waals surface area contributed by atoms with E-state index in [1.807, 2.05) is 0 Å². The maximum absolute atomic E-state index is 13.3. The van der Waals surface area contributed by atoms with E-state index in [9.17, 15) is 8.78 Å². The van der Waals surface area contributed by atoms with Gasteiger partial charge >= 0.3 is 0 Å². The molecule has 0 aliphatic rings. The minimum atomic E-state index is -0.856. The van der Waals surface area contributed by atoms with Gasteiger partial charge in [0.1, 0.15) is 0 Å². The van der Waals surface area contributed by atoms with E-state index in [0.29, 0.717) is 13.0 Å². The van der Waals surface area contributed by atoms with Crippen molar-refractivity contribution >= 4 is 12.4 Å². The SMILES string of the molecule is Cc1ccc([C@@H](N)CCN)c(F)c1F.Cl. The lowest BCUT2D eigenvalue weighted by Gasteiger charge is -2.12. The largest absolute Gasteiger partial charge is 0.330 e. The van der Waals surface area contributed by atoms with Gasteiger partial charge in [0.2, 0.25) is 0 Å². The molecule has 0 saturated carbocycles. The van der Waals surface area contributed by atoms with Crippen molar-refractivity contribution in [2.24, 2.45) is 11.5 Å². The van der Waals surface area contributed by atoms with Crippen LogP contribution < -0.4 is 11.5 Å². The van der Waals surface area contributed by atoms with Crippen molar-refractivity contribution in [1.29, 1.82) is 0 Å². The van der Waals surface area contributed by atoms with Crippen molar-refractivity contribution in [2.45, 2.75) is 19.4 Å². The van der Waals surface area contributed by atoms with Gasteiger partial charge in [-0.3, -0.25) is 0 Å². The van der Waals surface area contributed by atoms with Crippen LogP contribution in [-0.2, 0) is 0 Å². The number of hydrogen-bond donors (Lipinski definition) is 2. The number of benzene rings is 1. The van der Waals surface area contributed by atoms with Gasteiger partial charge in [-0.1, -0.05) is 12.1 Å². The van der Waals surface area contributed by atoms with E-state index < -0.39 is 17.7 Å². The average molecular weight is 237 g/mol. The summed E-state index contributed by atoms with van der Waals surface area (Å²) < 4.78 is 26.5. The zero-order chi connectivity index (χ0) is 10.7. The first-order chi connectivity index (χ1) is 6.57. The second-order valence-electron chi connectivity index (χ2n) is 3.28. The van der Waals surface area contributed by atoms with Gasteiger partial charge < -0.3 is 11.5 Å². The van der Waals surface area contributed by atoms with Crippen LogP contribution in [0.1, 0.15) is 23.6 Å². The van der Waals surface area contributed by atoms with Crippen LogP contribution in [0.2, 0.25) is 0 Å². The molecule has 0 unspecified atom stereocenters. The molecule has 86 valence electrons. The number of nitrogens with two attached hydrogens (primary N) is 2. The molecule has 0 aromatic heterocycles. The Labute approximate surface area is 94.1 Å². The quantitative estimate of drug-likeness (QED) is 0.844. The first-order valence-electron chi connectivity index (χ1n) is 4.48. The van der Waals surface area contributed by atoms with Gasteiger partial charge in [-0.15, -0.1) is 12.4 Å². The van der Waals surface area contributed by atoms with Crippen molar-refractivity contribution in [3.8, 4) is 0 Å². The van der Waals surface area contributed by atoms with Gasteiger partial charge in [-0.05, 0) is 25.5 Å². The first kappa shape index (κ1) is 14.3. The van der Waals surface area contributed by atoms with E-state index in [2.05, 4.69) is 0 Å². The molecule has 1 aromatic rings. The summed E-state index contributed by atoms with van der Waals surface area (Å²) in [5.74, 6) is -1.68. The van der Waals surface area contributed by atoms with Crippen molar-refractivity contribution in [3.63, 3.8) is 0 Å².